The van der Waals surface area contributed by atoms with Gasteiger partial charge < -0.3 is 5.11 Å². The summed E-state index contributed by atoms with van der Waals surface area (Å²) in [7, 11) is 0. The molecule has 2 atom stereocenters. The van der Waals surface area contributed by atoms with E-state index in [1.54, 1.807) is 0 Å². The van der Waals surface area contributed by atoms with Gasteiger partial charge in [-0.25, -0.2) is 0 Å². The van der Waals surface area contributed by atoms with Crippen LogP contribution < -0.4 is 0 Å². The number of fused-ring (bicyclic) bond motifs is 1. The normalized spacial score (nSPS) is 31.4. The first-order valence-corrected chi connectivity index (χ1v) is 7.61. The van der Waals surface area contributed by atoms with Crippen molar-refractivity contribution in [3.05, 3.63) is 35.4 Å². The number of benzene rings is 1. The van der Waals surface area contributed by atoms with Crippen molar-refractivity contribution in [2.45, 2.75) is 45.7 Å². The smallest absolute Gasteiger partial charge is 0.0499 e. The summed E-state index contributed by atoms with van der Waals surface area (Å²) in [5.74, 6) is 0.769. The molecule has 1 heterocycles. The van der Waals surface area contributed by atoms with Gasteiger partial charge in [-0.05, 0) is 29.9 Å². The maximum absolute atomic E-state index is 9.91. The fourth-order valence-electron chi connectivity index (χ4n) is 4.10. The lowest BCUT2D eigenvalue weighted by atomic mass is 9.70. The van der Waals surface area contributed by atoms with Gasteiger partial charge in [0, 0.05) is 31.7 Å². The zero-order chi connectivity index (χ0) is 13.3. The van der Waals surface area contributed by atoms with E-state index in [1.165, 1.54) is 36.8 Å². The highest BCUT2D eigenvalue weighted by Gasteiger charge is 2.37. The van der Waals surface area contributed by atoms with Crippen molar-refractivity contribution in [2.24, 2.45) is 11.3 Å². The second-order valence-electron chi connectivity index (χ2n) is 6.77. The molecule has 2 unspecified atom stereocenters. The van der Waals surface area contributed by atoms with Crippen LogP contribution >= 0.6 is 0 Å². The summed E-state index contributed by atoms with van der Waals surface area (Å²) < 4.78 is 0. The van der Waals surface area contributed by atoms with Gasteiger partial charge in [0.15, 0.2) is 0 Å². The maximum Gasteiger partial charge on any atom is 0.0499 e. The molecule has 0 bridgehead atoms. The lowest BCUT2D eigenvalue weighted by Gasteiger charge is -2.41. The van der Waals surface area contributed by atoms with E-state index in [2.05, 4.69) is 36.1 Å². The van der Waals surface area contributed by atoms with Gasteiger partial charge in [0.25, 0.3) is 0 Å². The molecule has 1 saturated carbocycles. The van der Waals surface area contributed by atoms with E-state index in [0.29, 0.717) is 6.61 Å². The van der Waals surface area contributed by atoms with Gasteiger partial charge in [0.1, 0.15) is 0 Å². The average Bonchev–Trinajstić information content (AvgIpc) is 2.80. The summed E-state index contributed by atoms with van der Waals surface area (Å²) in [6, 6.07) is 8.74. The molecular formula is C17H25NO. The van der Waals surface area contributed by atoms with Crippen LogP contribution in [-0.4, -0.2) is 23.2 Å². The van der Waals surface area contributed by atoms with E-state index in [9.17, 15) is 5.11 Å². The van der Waals surface area contributed by atoms with Gasteiger partial charge in [-0.1, -0.05) is 44.0 Å². The molecule has 0 amide bonds. The predicted octanol–water partition coefficient (Wildman–Crippen LogP) is 3.19. The molecule has 1 aliphatic carbocycles. The van der Waals surface area contributed by atoms with Crippen LogP contribution in [0.25, 0.3) is 0 Å². The van der Waals surface area contributed by atoms with Crippen molar-refractivity contribution in [1.29, 1.82) is 0 Å². The highest BCUT2D eigenvalue weighted by molar-refractivity contribution is 5.30. The Morgan fingerprint density at radius 2 is 1.95 bits per heavy atom. The van der Waals surface area contributed by atoms with Crippen molar-refractivity contribution in [3.63, 3.8) is 0 Å². The van der Waals surface area contributed by atoms with E-state index in [-0.39, 0.29) is 5.41 Å². The molecule has 2 nitrogen and oxygen atoms in total. The monoisotopic (exact) mass is 259 g/mol. The van der Waals surface area contributed by atoms with E-state index in [0.717, 1.165) is 25.6 Å². The second kappa shape index (κ2) is 5.26. The van der Waals surface area contributed by atoms with Crippen LogP contribution in [0.15, 0.2) is 24.3 Å². The van der Waals surface area contributed by atoms with Crippen molar-refractivity contribution < 1.29 is 5.11 Å². The van der Waals surface area contributed by atoms with E-state index >= 15 is 0 Å². The number of hydrogen-bond donors (Lipinski definition) is 1. The summed E-state index contributed by atoms with van der Waals surface area (Å²) in [5, 5.41) is 9.91. The zero-order valence-electron chi connectivity index (χ0n) is 11.9. The van der Waals surface area contributed by atoms with Crippen molar-refractivity contribution in [2.75, 3.05) is 13.2 Å². The number of rotatable bonds is 3. The Balaban J connectivity index is 1.68. The molecule has 1 aromatic carbocycles. The first-order chi connectivity index (χ1) is 9.21. The van der Waals surface area contributed by atoms with Gasteiger partial charge in [-0.2, -0.15) is 0 Å². The standard InChI is InChI=1S/C17H25NO/c1-14-5-4-8-17(9-14,13-19)12-18-10-15-6-2-3-7-16(15)11-18/h2-3,6-7,14,19H,4-5,8-13H2,1H3. The van der Waals surface area contributed by atoms with E-state index in [1.807, 2.05) is 0 Å². The van der Waals surface area contributed by atoms with Crippen LogP contribution in [0.2, 0.25) is 0 Å². The minimum Gasteiger partial charge on any atom is -0.396 e. The number of aliphatic hydroxyl groups excluding tert-OH is 1. The quantitative estimate of drug-likeness (QED) is 0.901. The fourth-order valence-corrected chi connectivity index (χ4v) is 4.10. The Morgan fingerprint density at radius 1 is 1.26 bits per heavy atom. The molecule has 104 valence electrons. The van der Waals surface area contributed by atoms with Crippen LogP contribution in [0.4, 0.5) is 0 Å². The summed E-state index contributed by atoms with van der Waals surface area (Å²) in [6.45, 7) is 5.87. The fraction of sp³-hybridized carbons (Fsp3) is 0.647. The Morgan fingerprint density at radius 3 is 2.53 bits per heavy atom. The van der Waals surface area contributed by atoms with Crippen LogP contribution in [0.1, 0.15) is 43.7 Å². The second-order valence-corrected chi connectivity index (χ2v) is 6.77. The first-order valence-electron chi connectivity index (χ1n) is 7.61. The third-order valence-corrected chi connectivity index (χ3v) is 4.99. The first kappa shape index (κ1) is 13.1. The molecule has 1 aliphatic heterocycles. The average molecular weight is 259 g/mol. The summed E-state index contributed by atoms with van der Waals surface area (Å²) >= 11 is 0. The minimum atomic E-state index is 0.152. The molecule has 1 N–H and O–H groups in total. The summed E-state index contributed by atoms with van der Waals surface area (Å²) in [5.41, 5.74) is 3.10. The number of hydrogen-bond acceptors (Lipinski definition) is 2. The molecule has 2 heteroatoms. The Labute approximate surface area is 116 Å². The minimum absolute atomic E-state index is 0.152. The third kappa shape index (κ3) is 2.70. The molecule has 0 saturated heterocycles. The highest BCUT2D eigenvalue weighted by Crippen LogP contribution is 2.40. The SMILES string of the molecule is CC1CCCC(CO)(CN2Cc3ccccc3C2)C1. The van der Waals surface area contributed by atoms with Gasteiger partial charge in [-0.15, -0.1) is 0 Å². The predicted molar refractivity (Wildman–Crippen MR) is 77.7 cm³/mol. The van der Waals surface area contributed by atoms with Crippen molar-refractivity contribution in [1.82, 2.24) is 4.90 Å². The summed E-state index contributed by atoms with van der Waals surface area (Å²) in [6.07, 6.45) is 5.00. The highest BCUT2D eigenvalue weighted by atomic mass is 16.3. The third-order valence-electron chi connectivity index (χ3n) is 4.99. The van der Waals surface area contributed by atoms with Crippen LogP contribution in [0.5, 0.6) is 0 Å². The number of nitrogens with zero attached hydrogens (tertiary/aromatic N) is 1. The van der Waals surface area contributed by atoms with Gasteiger partial charge in [0.2, 0.25) is 0 Å². The maximum atomic E-state index is 9.91. The molecule has 19 heavy (non-hydrogen) atoms. The molecule has 0 radical (unpaired) electrons. The molecular weight excluding hydrogens is 234 g/mol. The van der Waals surface area contributed by atoms with Crippen LogP contribution in [-0.2, 0) is 13.1 Å². The summed E-state index contributed by atoms with van der Waals surface area (Å²) in [4.78, 5) is 2.53. The Hall–Kier alpha value is -0.860. The molecule has 2 aliphatic rings. The lowest BCUT2D eigenvalue weighted by molar-refractivity contribution is 0.0227. The van der Waals surface area contributed by atoms with Gasteiger partial charge in [0.05, 0.1) is 0 Å². The van der Waals surface area contributed by atoms with Crippen molar-refractivity contribution >= 4 is 0 Å². The Bertz CT molecular complexity index is 420. The van der Waals surface area contributed by atoms with E-state index in [4.69, 9.17) is 0 Å². The zero-order valence-corrected chi connectivity index (χ0v) is 11.9. The molecule has 0 spiro atoms. The topological polar surface area (TPSA) is 23.5 Å². The number of aliphatic hydroxyl groups is 1. The molecule has 1 aromatic rings. The lowest BCUT2D eigenvalue weighted by Crippen LogP contribution is -2.41. The van der Waals surface area contributed by atoms with Crippen molar-refractivity contribution in [3.8, 4) is 0 Å². The van der Waals surface area contributed by atoms with Gasteiger partial charge >= 0.3 is 0 Å². The Kier molecular flexibility index (Phi) is 3.64. The van der Waals surface area contributed by atoms with Gasteiger partial charge in [-0.3, -0.25) is 4.90 Å². The largest absolute Gasteiger partial charge is 0.396 e. The van der Waals surface area contributed by atoms with E-state index < -0.39 is 0 Å². The van der Waals surface area contributed by atoms with Crippen LogP contribution in [0, 0.1) is 11.3 Å². The molecule has 0 aromatic heterocycles. The molecule has 1 fully saturated rings. The molecule has 3 rings (SSSR count). The van der Waals surface area contributed by atoms with Crippen LogP contribution in [0.3, 0.4) is 0 Å².